The zero-order valence-electron chi connectivity index (χ0n) is 9.89. The van der Waals surface area contributed by atoms with E-state index in [1.807, 2.05) is 13.0 Å². The Morgan fingerprint density at radius 3 is 1.92 bits per heavy atom. The van der Waals surface area contributed by atoms with Crippen LogP contribution in [0.25, 0.3) is 0 Å². The fourth-order valence-corrected chi connectivity index (χ4v) is 1.63. The van der Waals surface area contributed by atoms with Crippen LogP contribution in [0, 0.1) is 0 Å². The average Bonchev–Trinajstić information content (AvgIpc) is 1.98. The van der Waals surface area contributed by atoms with Gasteiger partial charge in [0, 0.05) is 0 Å². The van der Waals surface area contributed by atoms with Crippen LogP contribution >= 0.6 is 0 Å². The Bertz CT molecular complexity index is 190. The smallest absolute Gasteiger partial charge is 0.260 e. The Kier molecular flexibility index (Phi) is 4.04. The molecule has 0 rings (SSSR count). The second kappa shape index (κ2) is 4.18. The van der Waals surface area contributed by atoms with Gasteiger partial charge < -0.3 is 9.16 Å². The Labute approximate surface area is 83.1 Å². The van der Waals surface area contributed by atoms with E-state index < -0.39 is 8.32 Å². The van der Waals surface area contributed by atoms with Gasteiger partial charge in [-0.2, -0.15) is 0 Å². The second-order valence-corrected chi connectivity index (χ2v) is 9.40. The lowest BCUT2D eigenvalue weighted by Crippen LogP contribution is -2.40. The number of hydrogen-bond donors (Lipinski definition) is 0. The van der Waals surface area contributed by atoms with E-state index in [0.29, 0.717) is 5.95 Å². The van der Waals surface area contributed by atoms with Crippen LogP contribution in [-0.4, -0.2) is 15.4 Å². The van der Waals surface area contributed by atoms with Crippen LogP contribution in [0.3, 0.4) is 0 Å². The van der Waals surface area contributed by atoms with E-state index in [4.69, 9.17) is 9.16 Å². The molecule has 0 saturated heterocycles. The van der Waals surface area contributed by atoms with E-state index in [0.717, 1.165) is 0 Å². The second-order valence-electron chi connectivity index (χ2n) is 4.67. The lowest BCUT2D eigenvalue weighted by Gasteiger charge is -2.36. The van der Waals surface area contributed by atoms with Crippen LogP contribution in [0.1, 0.15) is 27.7 Å². The third-order valence-electron chi connectivity index (χ3n) is 2.60. The Balaban J connectivity index is 4.51. The minimum Gasteiger partial charge on any atom is -0.519 e. The van der Waals surface area contributed by atoms with Gasteiger partial charge in [-0.1, -0.05) is 20.8 Å². The van der Waals surface area contributed by atoms with Gasteiger partial charge in [0.15, 0.2) is 0 Å². The number of hydrogen-bond acceptors (Lipinski definition) is 2. The Morgan fingerprint density at radius 1 is 1.23 bits per heavy atom. The molecular weight excluding hydrogens is 180 g/mol. The van der Waals surface area contributed by atoms with Crippen molar-refractivity contribution in [2.75, 3.05) is 7.11 Å². The van der Waals surface area contributed by atoms with Crippen molar-refractivity contribution in [1.82, 2.24) is 0 Å². The molecule has 0 aromatic heterocycles. The zero-order valence-corrected chi connectivity index (χ0v) is 10.9. The van der Waals surface area contributed by atoms with Crippen molar-refractivity contribution in [2.24, 2.45) is 0 Å². The summed E-state index contributed by atoms with van der Waals surface area (Å²) < 4.78 is 11.0. The lowest BCUT2D eigenvalue weighted by atomic mass is 10.2. The van der Waals surface area contributed by atoms with E-state index in [9.17, 15) is 0 Å². The predicted octanol–water partition coefficient (Wildman–Crippen LogP) is 3.52. The first-order valence-electron chi connectivity index (χ1n) is 4.64. The van der Waals surface area contributed by atoms with Crippen LogP contribution in [0.2, 0.25) is 18.1 Å². The number of ether oxygens (including phenoxy) is 1. The van der Waals surface area contributed by atoms with E-state index in [-0.39, 0.29) is 5.04 Å². The fraction of sp³-hybridized carbons (Fsp3) is 0.800. The Morgan fingerprint density at radius 2 is 1.69 bits per heavy atom. The molecule has 0 aliphatic rings. The molecule has 0 aromatic rings. The highest BCUT2D eigenvalue weighted by molar-refractivity contribution is 6.74. The molecule has 3 heteroatoms. The summed E-state index contributed by atoms with van der Waals surface area (Å²) in [4.78, 5) is 0. The topological polar surface area (TPSA) is 18.5 Å². The summed E-state index contributed by atoms with van der Waals surface area (Å²) in [6.07, 6.45) is 1.86. The fourth-order valence-electron chi connectivity index (χ4n) is 0.623. The van der Waals surface area contributed by atoms with Crippen molar-refractivity contribution in [3.63, 3.8) is 0 Å². The highest BCUT2D eigenvalue weighted by Crippen LogP contribution is 2.37. The number of rotatable bonds is 3. The van der Waals surface area contributed by atoms with Crippen LogP contribution < -0.4 is 0 Å². The largest absolute Gasteiger partial charge is 0.519 e. The SMILES string of the molecule is C/C=C(\OC)O[Si](C)(C)C(C)(C)C. The van der Waals surface area contributed by atoms with E-state index >= 15 is 0 Å². The van der Waals surface area contributed by atoms with Gasteiger partial charge in [-0.05, 0) is 31.1 Å². The van der Waals surface area contributed by atoms with Crippen LogP contribution in [0.4, 0.5) is 0 Å². The first-order chi connectivity index (χ1) is 5.74. The van der Waals surface area contributed by atoms with Crippen molar-refractivity contribution < 1.29 is 9.16 Å². The van der Waals surface area contributed by atoms with Crippen molar-refractivity contribution in [3.05, 3.63) is 12.0 Å². The molecule has 13 heavy (non-hydrogen) atoms. The van der Waals surface area contributed by atoms with Crippen LogP contribution in [-0.2, 0) is 9.16 Å². The summed E-state index contributed by atoms with van der Waals surface area (Å²) in [5.74, 6) is 0.645. The molecule has 0 fully saturated rings. The van der Waals surface area contributed by atoms with Crippen molar-refractivity contribution in [3.8, 4) is 0 Å². The van der Waals surface area contributed by atoms with E-state index in [1.54, 1.807) is 7.11 Å². The van der Waals surface area contributed by atoms with Gasteiger partial charge in [0.1, 0.15) is 0 Å². The van der Waals surface area contributed by atoms with Gasteiger partial charge in [0.25, 0.3) is 14.3 Å². The van der Waals surface area contributed by atoms with E-state index in [2.05, 4.69) is 33.9 Å². The summed E-state index contributed by atoms with van der Waals surface area (Å²) in [5.41, 5.74) is 0. The van der Waals surface area contributed by atoms with Crippen molar-refractivity contribution >= 4 is 8.32 Å². The Hall–Kier alpha value is -0.443. The summed E-state index contributed by atoms with van der Waals surface area (Å²) in [6.45, 7) is 13.0. The summed E-state index contributed by atoms with van der Waals surface area (Å²) >= 11 is 0. The maximum atomic E-state index is 5.88. The minimum absolute atomic E-state index is 0.222. The number of allylic oxidation sites excluding steroid dienone is 1. The van der Waals surface area contributed by atoms with Gasteiger partial charge in [-0.15, -0.1) is 0 Å². The summed E-state index contributed by atoms with van der Waals surface area (Å²) in [5, 5.41) is 0.222. The summed E-state index contributed by atoms with van der Waals surface area (Å²) in [6, 6.07) is 0. The molecule has 0 aromatic carbocycles. The molecule has 0 aliphatic heterocycles. The minimum atomic E-state index is -1.70. The molecule has 0 N–H and O–H groups in total. The van der Waals surface area contributed by atoms with Crippen molar-refractivity contribution in [1.29, 1.82) is 0 Å². The molecule has 0 bridgehead atoms. The molecule has 0 spiro atoms. The molecule has 0 amide bonds. The third kappa shape index (κ3) is 3.42. The molecule has 0 atom stereocenters. The van der Waals surface area contributed by atoms with Crippen LogP contribution in [0.15, 0.2) is 12.0 Å². The highest BCUT2D eigenvalue weighted by atomic mass is 28.4. The standard InChI is InChI=1S/C10H22O2Si/c1-8-9(11-5)12-13(6,7)10(2,3)4/h8H,1-7H3/b9-8+. The normalized spacial score (nSPS) is 14.2. The van der Waals surface area contributed by atoms with Crippen molar-refractivity contribution in [2.45, 2.75) is 45.8 Å². The molecule has 0 heterocycles. The molecule has 0 aliphatic carbocycles. The molecular formula is C10H22O2Si. The summed E-state index contributed by atoms with van der Waals surface area (Å²) in [7, 11) is -0.0619. The van der Waals surface area contributed by atoms with Gasteiger partial charge >= 0.3 is 0 Å². The first-order valence-corrected chi connectivity index (χ1v) is 7.54. The average molecular weight is 202 g/mol. The quantitative estimate of drug-likeness (QED) is 0.515. The molecule has 0 radical (unpaired) electrons. The van der Waals surface area contributed by atoms with Gasteiger partial charge in [0.2, 0.25) is 0 Å². The third-order valence-corrected chi connectivity index (χ3v) is 6.92. The molecule has 78 valence electrons. The van der Waals surface area contributed by atoms with Gasteiger partial charge in [0.05, 0.1) is 7.11 Å². The van der Waals surface area contributed by atoms with Gasteiger partial charge in [-0.25, -0.2) is 0 Å². The number of methoxy groups -OCH3 is 1. The first kappa shape index (κ1) is 12.6. The monoisotopic (exact) mass is 202 g/mol. The van der Waals surface area contributed by atoms with E-state index in [1.165, 1.54) is 0 Å². The maximum Gasteiger partial charge on any atom is 0.260 e. The highest BCUT2D eigenvalue weighted by Gasteiger charge is 2.39. The predicted molar refractivity (Wildman–Crippen MR) is 59.0 cm³/mol. The molecule has 0 unspecified atom stereocenters. The molecule has 0 saturated carbocycles. The van der Waals surface area contributed by atoms with Crippen LogP contribution in [0.5, 0.6) is 0 Å². The lowest BCUT2D eigenvalue weighted by molar-refractivity contribution is 0.140. The maximum absolute atomic E-state index is 5.88. The molecule has 2 nitrogen and oxygen atoms in total. The van der Waals surface area contributed by atoms with Gasteiger partial charge in [-0.3, -0.25) is 0 Å². The zero-order chi connectivity index (χ0) is 10.7.